The van der Waals surface area contributed by atoms with Gasteiger partial charge in [-0.15, -0.1) is 0 Å². The van der Waals surface area contributed by atoms with Crippen molar-refractivity contribution in [1.82, 2.24) is 9.88 Å². The summed E-state index contributed by atoms with van der Waals surface area (Å²) in [6.07, 6.45) is 0. The van der Waals surface area contributed by atoms with Crippen LogP contribution in [0.1, 0.15) is 21.6 Å². The molecule has 1 fully saturated rings. The van der Waals surface area contributed by atoms with Crippen LogP contribution in [0.3, 0.4) is 0 Å². The predicted octanol–water partition coefficient (Wildman–Crippen LogP) is 1.85. The van der Waals surface area contributed by atoms with Crippen LogP contribution in [0.2, 0.25) is 0 Å². The molecule has 2 aromatic rings. The van der Waals surface area contributed by atoms with Crippen molar-refractivity contribution >= 4 is 22.8 Å². The van der Waals surface area contributed by atoms with E-state index in [1.54, 1.807) is 6.07 Å². The van der Waals surface area contributed by atoms with Gasteiger partial charge in [0.05, 0.1) is 24.7 Å². The first-order chi connectivity index (χ1) is 10.0. The van der Waals surface area contributed by atoms with E-state index < -0.39 is 6.04 Å². The molecule has 2 heterocycles. The first kappa shape index (κ1) is 13.5. The number of benzene rings is 1. The summed E-state index contributed by atoms with van der Waals surface area (Å²) in [6.45, 7) is 4.27. The molecular formula is C16H16N2O3. The fourth-order valence-corrected chi connectivity index (χ4v) is 2.50. The van der Waals surface area contributed by atoms with Gasteiger partial charge in [-0.1, -0.05) is 12.1 Å². The number of aromatic nitrogens is 1. The molecule has 1 aliphatic rings. The van der Waals surface area contributed by atoms with Crippen molar-refractivity contribution in [2.24, 2.45) is 0 Å². The number of amides is 1. The van der Waals surface area contributed by atoms with Gasteiger partial charge in [-0.3, -0.25) is 9.78 Å². The summed E-state index contributed by atoms with van der Waals surface area (Å²) < 4.78 is 4.67. The van der Waals surface area contributed by atoms with Crippen molar-refractivity contribution in [3.05, 3.63) is 41.1 Å². The Morgan fingerprint density at radius 2 is 2.05 bits per heavy atom. The fourth-order valence-electron chi connectivity index (χ4n) is 2.50. The highest BCUT2D eigenvalue weighted by molar-refractivity contribution is 6.09. The number of hydrogen-bond acceptors (Lipinski definition) is 4. The first-order valence-corrected chi connectivity index (χ1v) is 6.78. The molecular weight excluding hydrogens is 268 g/mol. The summed E-state index contributed by atoms with van der Waals surface area (Å²) in [4.78, 5) is 30.0. The highest BCUT2D eigenvalue weighted by atomic mass is 16.5. The Morgan fingerprint density at radius 1 is 1.29 bits per heavy atom. The first-order valence-electron chi connectivity index (χ1n) is 6.78. The number of carbonyl (C=O) groups is 2. The molecule has 0 saturated carbocycles. The Balaban J connectivity index is 2.01. The molecule has 21 heavy (non-hydrogen) atoms. The third kappa shape index (κ3) is 2.35. The van der Waals surface area contributed by atoms with Crippen LogP contribution in [-0.2, 0) is 9.53 Å². The number of aryl methyl sites for hydroxylation is 2. The van der Waals surface area contributed by atoms with Gasteiger partial charge in [0.1, 0.15) is 6.04 Å². The largest absolute Gasteiger partial charge is 0.467 e. The number of methoxy groups -OCH3 is 1. The van der Waals surface area contributed by atoms with Crippen LogP contribution in [0.15, 0.2) is 24.3 Å². The second-order valence-corrected chi connectivity index (χ2v) is 5.33. The Hall–Kier alpha value is -2.43. The van der Waals surface area contributed by atoms with E-state index in [-0.39, 0.29) is 11.9 Å². The molecule has 5 nitrogen and oxygen atoms in total. The maximum Gasteiger partial charge on any atom is 0.330 e. The number of hydrogen-bond donors (Lipinski definition) is 0. The minimum absolute atomic E-state index is 0.148. The number of rotatable bonds is 2. The predicted molar refractivity (Wildman–Crippen MR) is 78.1 cm³/mol. The molecule has 1 aliphatic heterocycles. The van der Waals surface area contributed by atoms with E-state index in [9.17, 15) is 9.59 Å². The van der Waals surface area contributed by atoms with Crippen LogP contribution in [0.25, 0.3) is 10.9 Å². The van der Waals surface area contributed by atoms with E-state index >= 15 is 0 Å². The van der Waals surface area contributed by atoms with Crippen molar-refractivity contribution in [2.75, 3.05) is 13.7 Å². The third-order valence-electron chi connectivity index (χ3n) is 3.67. The maximum absolute atomic E-state index is 12.6. The zero-order valence-electron chi connectivity index (χ0n) is 12.2. The molecule has 0 spiro atoms. The molecule has 0 bridgehead atoms. The van der Waals surface area contributed by atoms with Gasteiger partial charge in [-0.25, -0.2) is 4.79 Å². The van der Waals surface area contributed by atoms with Crippen LogP contribution in [0.5, 0.6) is 0 Å². The highest BCUT2D eigenvalue weighted by Gasteiger charge is 2.45. The smallest absolute Gasteiger partial charge is 0.330 e. The molecule has 1 amide bonds. The van der Waals surface area contributed by atoms with E-state index in [1.165, 1.54) is 12.0 Å². The summed E-state index contributed by atoms with van der Waals surface area (Å²) in [5.41, 5.74) is 3.27. The number of ether oxygens (including phenoxy) is 1. The monoisotopic (exact) mass is 284 g/mol. The van der Waals surface area contributed by atoms with Gasteiger partial charge in [0.15, 0.2) is 0 Å². The van der Waals surface area contributed by atoms with Crippen LogP contribution >= 0.6 is 0 Å². The van der Waals surface area contributed by atoms with E-state index in [0.717, 1.165) is 22.2 Å². The second kappa shape index (κ2) is 4.84. The van der Waals surface area contributed by atoms with Crippen molar-refractivity contribution < 1.29 is 14.3 Å². The lowest BCUT2D eigenvalue weighted by Crippen LogP contribution is -2.20. The Morgan fingerprint density at radius 3 is 2.76 bits per heavy atom. The minimum Gasteiger partial charge on any atom is -0.467 e. The number of fused-ring (bicyclic) bond motifs is 1. The topological polar surface area (TPSA) is 59.3 Å². The standard InChI is InChI=1S/C16H16N2O3/c1-9-4-5-11-12(7-10(2)17-13(11)6-9)15(19)18-8-14(18)16(20)21-3/h4-7,14H,8H2,1-3H3/t14-,18?/m1/s1. The van der Waals surface area contributed by atoms with E-state index in [0.29, 0.717) is 12.1 Å². The Bertz CT molecular complexity index is 749. The van der Waals surface area contributed by atoms with Crippen LogP contribution in [0, 0.1) is 13.8 Å². The average molecular weight is 284 g/mol. The Labute approximate surface area is 122 Å². The van der Waals surface area contributed by atoms with Crippen molar-refractivity contribution in [2.45, 2.75) is 19.9 Å². The Kier molecular flexibility index (Phi) is 3.12. The van der Waals surface area contributed by atoms with Crippen molar-refractivity contribution in [3.63, 3.8) is 0 Å². The summed E-state index contributed by atoms with van der Waals surface area (Å²) >= 11 is 0. The number of carbonyl (C=O) groups excluding carboxylic acids is 2. The average Bonchev–Trinajstić information content (AvgIpc) is 3.24. The van der Waals surface area contributed by atoms with Crippen molar-refractivity contribution in [3.8, 4) is 0 Å². The number of pyridine rings is 1. The molecule has 0 radical (unpaired) electrons. The molecule has 5 heteroatoms. The zero-order chi connectivity index (χ0) is 15.1. The normalized spacial score (nSPS) is 16.9. The molecule has 0 unspecified atom stereocenters. The minimum atomic E-state index is -0.448. The second-order valence-electron chi connectivity index (χ2n) is 5.33. The molecule has 1 aromatic carbocycles. The van der Waals surface area contributed by atoms with Gasteiger partial charge in [0.25, 0.3) is 5.91 Å². The van der Waals surface area contributed by atoms with Gasteiger partial charge in [-0.05, 0) is 31.5 Å². The fraction of sp³-hybridized carbons (Fsp3) is 0.312. The van der Waals surface area contributed by atoms with E-state index in [4.69, 9.17) is 0 Å². The summed E-state index contributed by atoms with van der Waals surface area (Å²) in [5.74, 6) is -0.515. The van der Waals surface area contributed by atoms with E-state index in [2.05, 4.69) is 9.72 Å². The van der Waals surface area contributed by atoms with Crippen LogP contribution < -0.4 is 0 Å². The molecule has 0 aliphatic carbocycles. The lowest BCUT2D eigenvalue weighted by molar-refractivity contribution is -0.140. The molecule has 1 aromatic heterocycles. The highest BCUT2D eigenvalue weighted by Crippen LogP contribution is 2.27. The molecule has 0 N–H and O–H groups in total. The number of nitrogens with zero attached hydrogens (tertiary/aromatic N) is 2. The third-order valence-corrected chi connectivity index (χ3v) is 3.67. The summed E-state index contributed by atoms with van der Waals surface area (Å²) in [6, 6.07) is 7.14. The van der Waals surface area contributed by atoms with Crippen LogP contribution in [0.4, 0.5) is 0 Å². The van der Waals surface area contributed by atoms with Crippen molar-refractivity contribution in [1.29, 1.82) is 0 Å². The summed E-state index contributed by atoms with van der Waals surface area (Å²) in [7, 11) is 1.33. The lowest BCUT2D eigenvalue weighted by atomic mass is 10.1. The molecule has 108 valence electrons. The lowest BCUT2D eigenvalue weighted by Gasteiger charge is -2.09. The summed E-state index contributed by atoms with van der Waals surface area (Å²) in [5, 5.41) is 0.812. The van der Waals surface area contributed by atoms with Gasteiger partial charge in [-0.2, -0.15) is 0 Å². The molecule has 1 atom stereocenters. The van der Waals surface area contributed by atoms with Gasteiger partial charge in [0, 0.05) is 11.1 Å². The van der Waals surface area contributed by atoms with Gasteiger partial charge < -0.3 is 9.64 Å². The van der Waals surface area contributed by atoms with Crippen LogP contribution in [-0.4, -0.2) is 41.5 Å². The van der Waals surface area contributed by atoms with Gasteiger partial charge in [0.2, 0.25) is 0 Å². The zero-order valence-corrected chi connectivity index (χ0v) is 12.2. The maximum atomic E-state index is 12.6. The van der Waals surface area contributed by atoms with Gasteiger partial charge >= 0.3 is 5.97 Å². The molecule has 3 rings (SSSR count). The number of esters is 1. The molecule has 1 saturated heterocycles. The SMILES string of the molecule is COC(=O)[C@H]1CN1C(=O)c1cc(C)nc2cc(C)ccc12. The quantitative estimate of drug-likeness (QED) is 0.624. The van der Waals surface area contributed by atoms with E-state index in [1.807, 2.05) is 32.0 Å².